The first kappa shape index (κ1) is 17.6. The molecule has 2 aromatic rings. The van der Waals surface area contributed by atoms with Gasteiger partial charge in [0.2, 0.25) is 5.91 Å². The van der Waals surface area contributed by atoms with Gasteiger partial charge in [-0.25, -0.2) is 4.39 Å². The van der Waals surface area contributed by atoms with E-state index < -0.39 is 12.0 Å². The van der Waals surface area contributed by atoms with Gasteiger partial charge in [0.25, 0.3) is 0 Å². The Hall–Kier alpha value is -1.72. The second kappa shape index (κ2) is 7.70. The number of carbonyl (C=O) groups excluding carboxylic acids is 1. The maximum absolute atomic E-state index is 13.8. The summed E-state index contributed by atoms with van der Waals surface area (Å²) in [6.07, 6.45) is 0. The van der Waals surface area contributed by atoms with Gasteiger partial charge in [-0.05, 0) is 23.8 Å². The fourth-order valence-corrected chi connectivity index (χ4v) is 2.87. The van der Waals surface area contributed by atoms with Gasteiger partial charge in [0.1, 0.15) is 5.82 Å². The number of hydrogen-bond donors (Lipinski definition) is 1. The summed E-state index contributed by atoms with van der Waals surface area (Å²) in [5.41, 5.74) is 7.58. The molecule has 23 heavy (non-hydrogen) atoms. The van der Waals surface area contributed by atoms with Crippen LogP contribution < -0.4 is 5.73 Å². The number of nitrogens with zero attached hydrogens (tertiary/aromatic N) is 1. The summed E-state index contributed by atoms with van der Waals surface area (Å²) >= 11 is 3.32. The van der Waals surface area contributed by atoms with Gasteiger partial charge in [-0.15, -0.1) is 0 Å². The second-order valence-electron chi connectivity index (χ2n) is 5.66. The monoisotopic (exact) mass is 378 g/mol. The van der Waals surface area contributed by atoms with Crippen LogP contribution in [-0.2, 0) is 11.3 Å². The molecule has 122 valence electrons. The SMILES string of the molecule is CC(C(=O)N(C)Cc1cc(Br)ccc1F)C(N)c1ccccc1. The Kier molecular flexibility index (Phi) is 5.91. The molecule has 2 aromatic carbocycles. The summed E-state index contributed by atoms with van der Waals surface area (Å²) in [6, 6.07) is 13.8. The largest absolute Gasteiger partial charge is 0.341 e. The minimum atomic E-state index is -0.391. The van der Waals surface area contributed by atoms with Crippen molar-refractivity contribution in [2.24, 2.45) is 11.7 Å². The molecule has 0 bridgehead atoms. The lowest BCUT2D eigenvalue weighted by molar-refractivity contribution is -0.134. The normalized spacial score (nSPS) is 13.4. The van der Waals surface area contributed by atoms with Gasteiger partial charge in [-0.2, -0.15) is 0 Å². The number of nitrogens with two attached hydrogens (primary N) is 1. The van der Waals surface area contributed by atoms with Crippen LogP contribution in [0.4, 0.5) is 4.39 Å². The van der Waals surface area contributed by atoms with Crippen LogP contribution in [-0.4, -0.2) is 17.9 Å². The highest BCUT2D eigenvalue weighted by molar-refractivity contribution is 9.10. The number of hydrogen-bond acceptors (Lipinski definition) is 2. The first-order valence-corrected chi connectivity index (χ1v) is 8.19. The fourth-order valence-electron chi connectivity index (χ4n) is 2.46. The predicted octanol–water partition coefficient (Wildman–Crippen LogP) is 3.88. The zero-order valence-corrected chi connectivity index (χ0v) is 14.8. The minimum absolute atomic E-state index is 0.110. The molecular weight excluding hydrogens is 359 g/mol. The molecule has 2 N–H and O–H groups in total. The lowest BCUT2D eigenvalue weighted by Gasteiger charge is -2.26. The predicted molar refractivity (Wildman–Crippen MR) is 93.1 cm³/mol. The number of halogens is 2. The average Bonchev–Trinajstić information content (AvgIpc) is 2.56. The van der Waals surface area contributed by atoms with Crippen molar-refractivity contribution in [1.29, 1.82) is 0 Å². The molecule has 2 atom stereocenters. The highest BCUT2D eigenvalue weighted by Gasteiger charge is 2.25. The van der Waals surface area contributed by atoms with Crippen molar-refractivity contribution in [3.8, 4) is 0 Å². The summed E-state index contributed by atoms with van der Waals surface area (Å²) in [4.78, 5) is 14.1. The van der Waals surface area contributed by atoms with Gasteiger partial charge in [0, 0.05) is 29.7 Å². The standard InChI is InChI=1S/C18H20BrFN2O/c1-12(17(21)13-6-4-3-5-7-13)18(23)22(2)11-14-10-15(19)8-9-16(14)20/h3-10,12,17H,11,21H2,1-2H3. The van der Waals surface area contributed by atoms with Crippen molar-refractivity contribution in [3.63, 3.8) is 0 Å². The van der Waals surface area contributed by atoms with Crippen LogP contribution in [0.5, 0.6) is 0 Å². The molecule has 0 saturated heterocycles. The highest BCUT2D eigenvalue weighted by atomic mass is 79.9. The van der Waals surface area contributed by atoms with Crippen molar-refractivity contribution in [1.82, 2.24) is 4.90 Å². The maximum atomic E-state index is 13.8. The van der Waals surface area contributed by atoms with E-state index >= 15 is 0 Å². The number of benzene rings is 2. The zero-order valence-electron chi connectivity index (χ0n) is 13.2. The summed E-state index contributed by atoms with van der Waals surface area (Å²) in [7, 11) is 1.66. The van der Waals surface area contributed by atoms with E-state index in [1.54, 1.807) is 26.1 Å². The van der Waals surface area contributed by atoms with E-state index in [-0.39, 0.29) is 18.3 Å². The molecule has 2 rings (SSSR count). The molecule has 0 fully saturated rings. The molecule has 1 amide bonds. The van der Waals surface area contributed by atoms with Crippen LogP contribution in [0.3, 0.4) is 0 Å². The molecule has 5 heteroatoms. The third-order valence-electron chi connectivity index (χ3n) is 3.90. The molecule has 0 aromatic heterocycles. The molecule has 0 radical (unpaired) electrons. The topological polar surface area (TPSA) is 46.3 Å². The third-order valence-corrected chi connectivity index (χ3v) is 4.40. The van der Waals surface area contributed by atoms with Crippen molar-refractivity contribution in [2.45, 2.75) is 19.5 Å². The van der Waals surface area contributed by atoms with Gasteiger partial charge in [-0.3, -0.25) is 4.79 Å². The Morgan fingerprint density at radius 2 is 1.91 bits per heavy atom. The van der Waals surface area contributed by atoms with E-state index in [4.69, 9.17) is 5.73 Å². The third kappa shape index (κ3) is 4.39. The lowest BCUT2D eigenvalue weighted by atomic mass is 9.94. The first-order chi connectivity index (χ1) is 10.9. The maximum Gasteiger partial charge on any atom is 0.227 e. The first-order valence-electron chi connectivity index (χ1n) is 7.39. The smallest absolute Gasteiger partial charge is 0.227 e. The van der Waals surface area contributed by atoms with Gasteiger partial charge in [0.05, 0.1) is 5.92 Å². The molecule has 0 heterocycles. The van der Waals surface area contributed by atoms with Crippen molar-refractivity contribution in [2.75, 3.05) is 7.05 Å². The summed E-state index contributed by atoms with van der Waals surface area (Å²) in [5.74, 6) is -0.828. The van der Waals surface area contributed by atoms with Crippen molar-refractivity contribution < 1.29 is 9.18 Å². The van der Waals surface area contributed by atoms with Crippen LogP contribution in [0.2, 0.25) is 0 Å². The Balaban J connectivity index is 2.08. The molecule has 0 aliphatic carbocycles. The van der Waals surface area contributed by atoms with Crippen molar-refractivity contribution >= 4 is 21.8 Å². The minimum Gasteiger partial charge on any atom is -0.341 e. The Morgan fingerprint density at radius 1 is 1.26 bits per heavy atom. The van der Waals surface area contributed by atoms with Crippen molar-refractivity contribution in [3.05, 3.63) is 69.9 Å². The molecule has 0 aliphatic heterocycles. The van der Waals surface area contributed by atoms with Crippen LogP contribution in [0.1, 0.15) is 24.1 Å². The van der Waals surface area contributed by atoms with E-state index in [0.29, 0.717) is 5.56 Å². The Labute approximate surface area is 144 Å². The fraction of sp³-hybridized carbons (Fsp3) is 0.278. The van der Waals surface area contributed by atoms with Gasteiger partial charge < -0.3 is 10.6 Å². The molecule has 2 unspecified atom stereocenters. The summed E-state index contributed by atoms with van der Waals surface area (Å²) in [5, 5.41) is 0. The van der Waals surface area contributed by atoms with Gasteiger partial charge in [-0.1, -0.05) is 53.2 Å². The molecule has 0 spiro atoms. The number of amides is 1. The number of carbonyl (C=O) groups is 1. The highest BCUT2D eigenvalue weighted by Crippen LogP contribution is 2.22. The van der Waals surface area contributed by atoms with Gasteiger partial charge in [0.15, 0.2) is 0 Å². The van der Waals surface area contributed by atoms with E-state index in [9.17, 15) is 9.18 Å². The Bertz CT molecular complexity index is 678. The van der Waals surface area contributed by atoms with E-state index in [2.05, 4.69) is 15.9 Å². The summed E-state index contributed by atoms with van der Waals surface area (Å²) < 4.78 is 14.6. The second-order valence-corrected chi connectivity index (χ2v) is 6.57. The van der Waals surface area contributed by atoms with E-state index in [1.807, 2.05) is 30.3 Å². The van der Waals surface area contributed by atoms with Crippen LogP contribution in [0.15, 0.2) is 53.0 Å². The van der Waals surface area contributed by atoms with Gasteiger partial charge >= 0.3 is 0 Å². The van der Waals surface area contributed by atoms with Crippen LogP contribution in [0.25, 0.3) is 0 Å². The van der Waals surface area contributed by atoms with E-state index in [1.165, 1.54) is 11.0 Å². The number of rotatable bonds is 5. The molecule has 0 aliphatic rings. The molecule has 3 nitrogen and oxygen atoms in total. The summed E-state index contributed by atoms with van der Waals surface area (Å²) in [6.45, 7) is 2.00. The van der Waals surface area contributed by atoms with Crippen LogP contribution >= 0.6 is 15.9 Å². The zero-order chi connectivity index (χ0) is 17.0. The Morgan fingerprint density at radius 3 is 2.57 bits per heavy atom. The average molecular weight is 379 g/mol. The molecular formula is C18H20BrFN2O. The van der Waals surface area contributed by atoms with Crippen LogP contribution in [0, 0.1) is 11.7 Å². The molecule has 0 saturated carbocycles. The van der Waals surface area contributed by atoms with E-state index in [0.717, 1.165) is 10.0 Å². The lowest BCUT2D eigenvalue weighted by Crippen LogP contribution is -2.36. The quantitative estimate of drug-likeness (QED) is 0.857.